The van der Waals surface area contributed by atoms with Gasteiger partial charge in [-0.3, -0.25) is 4.55 Å². The van der Waals surface area contributed by atoms with Gasteiger partial charge in [-0.25, -0.2) is 14.9 Å². The number of fused-ring (bicyclic) bond motifs is 1. The third-order valence-corrected chi connectivity index (χ3v) is 6.75. The summed E-state index contributed by atoms with van der Waals surface area (Å²) in [5, 5.41) is 24.9. The summed E-state index contributed by atoms with van der Waals surface area (Å²) in [6.07, 6.45) is 0. The van der Waals surface area contributed by atoms with E-state index in [-0.39, 0.29) is 11.5 Å². The highest BCUT2D eigenvalue weighted by Crippen LogP contribution is 2.35. The molecule has 0 aliphatic heterocycles. The fraction of sp³-hybridized carbons (Fsp3) is 0.0588. The molecule has 0 aliphatic carbocycles. The van der Waals surface area contributed by atoms with Crippen LogP contribution < -0.4 is 11.5 Å². The Bertz CT molecular complexity index is 1480. The van der Waals surface area contributed by atoms with E-state index in [1.807, 2.05) is 6.07 Å². The molecule has 33 heavy (non-hydrogen) atoms. The number of azo groups is 1. The first-order valence-corrected chi connectivity index (χ1v) is 11.9. The Morgan fingerprint density at radius 2 is 1.97 bits per heavy atom. The average molecular weight is 510 g/mol. The van der Waals surface area contributed by atoms with E-state index in [1.54, 1.807) is 19.1 Å². The van der Waals surface area contributed by atoms with Gasteiger partial charge in [0.1, 0.15) is 4.90 Å². The van der Waals surface area contributed by atoms with Crippen molar-refractivity contribution in [3.8, 4) is 5.69 Å². The zero-order chi connectivity index (χ0) is 23.8. The second-order valence-electron chi connectivity index (χ2n) is 6.48. The van der Waals surface area contributed by atoms with Gasteiger partial charge in [-0.1, -0.05) is 16.4 Å². The standard InChI is InChI=1S/C17H15N7O6S3/c1-8-15(16(19)24(23-8)9-2-5-14(11(18)6-9)33(26,27)28)21-22-17-20-12-7-10(32-30-29-25)3-4-13(12)31-17/h2-7,25H,18-19H2,1H3,(H,26,27,28)/b22-21+. The van der Waals surface area contributed by atoms with Crippen LogP contribution in [0.1, 0.15) is 5.69 Å². The maximum Gasteiger partial charge on any atom is 0.296 e. The molecule has 0 spiro atoms. The number of nitrogens with zero attached hydrogens (tertiary/aromatic N) is 5. The Morgan fingerprint density at radius 3 is 2.67 bits per heavy atom. The molecule has 0 unspecified atom stereocenters. The van der Waals surface area contributed by atoms with Crippen molar-refractivity contribution in [2.45, 2.75) is 16.7 Å². The molecule has 0 saturated heterocycles. The van der Waals surface area contributed by atoms with Crippen LogP contribution in [0.2, 0.25) is 0 Å². The molecule has 6 N–H and O–H groups in total. The van der Waals surface area contributed by atoms with Crippen LogP contribution in [-0.4, -0.2) is 33.0 Å². The van der Waals surface area contributed by atoms with Gasteiger partial charge in [0.2, 0.25) is 5.13 Å². The van der Waals surface area contributed by atoms with E-state index >= 15 is 0 Å². The Hall–Kier alpha value is -3.12. The van der Waals surface area contributed by atoms with Gasteiger partial charge in [0, 0.05) is 4.90 Å². The van der Waals surface area contributed by atoms with E-state index in [0.717, 1.165) is 22.8 Å². The molecule has 0 amide bonds. The maximum atomic E-state index is 11.3. The maximum absolute atomic E-state index is 11.3. The molecule has 4 rings (SSSR count). The molecule has 2 aromatic heterocycles. The molecule has 2 aromatic carbocycles. The van der Waals surface area contributed by atoms with Crippen molar-refractivity contribution in [3.05, 3.63) is 42.1 Å². The highest BCUT2D eigenvalue weighted by atomic mass is 32.2. The minimum absolute atomic E-state index is 0.149. The highest BCUT2D eigenvalue weighted by Gasteiger charge is 2.18. The van der Waals surface area contributed by atoms with E-state index in [4.69, 9.17) is 16.7 Å². The number of aromatic nitrogens is 3. The van der Waals surface area contributed by atoms with Crippen molar-refractivity contribution >= 4 is 66.0 Å². The molecule has 0 saturated carbocycles. The van der Waals surface area contributed by atoms with Crippen molar-refractivity contribution in [1.82, 2.24) is 14.8 Å². The summed E-state index contributed by atoms with van der Waals surface area (Å²) in [7, 11) is -4.45. The molecule has 0 fully saturated rings. The van der Waals surface area contributed by atoms with Crippen LogP contribution in [0.25, 0.3) is 15.9 Å². The molecule has 2 heterocycles. The van der Waals surface area contributed by atoms with Gasteiger partial charge in [0.25, 0.3) is 10.1 Å². The van der Waals surface area contributed by atoms with Crippen LogP contribution in [0, 0.1) is 6.92 Å². The topological polar surface area (TPSA) is 201 Å². The predicted molar refractivity (Wildman–Crippen MR) is 121 cm³/mol. The fourth-order valence-corrected chi connectivity index (χ4v) is 4.65. The molecular weight excluding hydrogens is 494 g/mol. The fourth-order valence-electron chi connectivity index (χ4n) is 2.90. The van der Waals surface area contributed by atoms with Gasteiger partial charge in [-0.05, 0) is 43.3 Å². The first-order chi connectivity index (χ1) is 15.7. The van der Waals surface area contributed by atoms with Gasteiger partial charge >= 0.3 is 0 Å². The largest absolute Gasteiger partial charge is 0.398 e. The number of nitrogens with two attached hydrogens (primary N) is 2. The molecule has 0 atom stereocenters. The Labute approximate surface area is 194 Å². The number of hydrogen-bond donors (Lipinski definition) is 4. The third kappa shape index (κ3) is 4.81. The quantitative estimate of drug-likeness (QED) is 0.0699. The smallest absolute Gasteiger partial charge is 0.296 e. The number of rotatable bonds is 7. The van der Waals surface area contributed by atoms with Gasteiger partial charge in [-0.15, -0.1) is 14.6 Å². The first kappa shape index (κ1) is 23.1. The summed E-state index contributed by atoms with van der Waals surface area (Å²) < 4.78 is 38.5. The van der Waals surface area contributed by atoms with Crippen LogP contribution in [0.3, 0.4) is 0 Å². The summed E-state index contributed by atoms with van der Waals surface area (Å²) in [6.45, 7) is 1.68. The van der Waals surface area contributed by atoms with Crippen LogP contribution in [0.15, 0.2) is 56.4 Å². The van der Waals surface area contributed by atoms with Gasteiger partial charge in [-0.2, -0.15) is 13.5 Å². The monoisotopic (exact) mass is 509 g/mol. The third-order valence-electron chi connectivity index (χ3n) is 4.32. The number of thiazole rings is 1. The number of nitrogen functional groups attached to an aromatic ring is 2. The summed E-state index contributed by atoms with van der Waals surface area (Å²) in [5.41, 5.74) is 13.6. The summed E-state index contributed by atoms with van der Waals surface area (Å²) >= 11 is 2.12. The number of benzene rings is 2. The van der Waals surface area contributed by atoms with Gasteiger partial charge in [0.15, 0.2) is 11.5 Å². The molecule has 0 bridgehead atoms. The zero-order valence-electron chi connectivity index (χ0n) is 16.6. The lowest BCUT2D eigenvalue weighted by atomic mass is 10.3. The van der Waals surface area contributed by atoms with Crippen LogP contribution in [0.4, 0.5) is 22.3 Å². The van der Waals surface area contributed by atoms with Crippen LogP contribution in [0.5, 0.6) is 0 Å². The summed E-state index contributed by atoms with van der Waals surface area (Å²) in [5.74, 6) is 0.149. The second kappa shape index (κ2) is 9.02. The van der Waals surface area contributed by atoms with Crippen LogP contribution >= 0.6 is 23.4 Å². The highest BCUT2D eigenvalue weighted by molar-refractivity contribution is 7.94. The summed E-state index contributed by atoms with van der Waals surface area (Å²) in [4.78, 5) is 4.63. The minimum atomic E-state index is -4.45. The van der Waals surface area contributed by atoms with Crippen molar-refractivity contribution in [1.29, 1.82) is 0 Å². The number of anilines is 2. The van der Waals surface area contributed by atoms with Crippen LogP contribution in [-0.2, 0) is 19.5 Å². The normalized spacial score (nSPS) is 12.2. The Morgan fingerprint density at radius 1 is 1.18 bits per heavy atom. The van der Waals surface area contributed by atoms with E-state index in [2.05, 4.69) is 29.7 Å². The Balaban J connectivity index is 1.63. The molecule has 172 valence electrons. The number of hydrogen-bond acceptors (Lipinski definition) is 13. The van der Waals surface area contributed by atoms with Gasteiger partial charge < -0.3 is 11.5 Å². The van der Waals surface area contributed by atoms with Gasteiger partial charge in [0.05, 0.1) is 39.3 Å². The molecule has 4 aromatic rings. The molecule has 0 radical (unpaired) electrons. The lowest BCUT2D eigenvalue weighted by Gasteiger charge is -2.07. The van der Waals surface area contributed by atoms with E-state index in [9.17, 15) is 13.0 Å². The summed E-state index contributed by atoms with van der Waals surface area (Å²) in [6, 6.07) is 9.18. The SMILES string of the molecule is Cc1nn(-c2ccc(S(=O)(=O)O)c(N)c2)c(N)c1/N=N/c1nc2cc(SOOO)ccc2s1. The minimum Gasteiger partial charge on any atom is -0.398 e. The molecule has 16 heteroatoms. The lowest BCUT2D eigenvalue weighted by molar-refractivity contribution is -0.432. The van der Waals surface area contributed by atoms with E-state index < -0.39 is 15.0 Å². The molecular formula is C17H15N7O6S3. The predicted octanol–water partition coefficient (Wildman–Crippen LogP) is 4.05. The zero-order valence-corrected chi connectivity index (χ0v) is 19.1. The molecule has 13 nitrogen and oxygen atoms in total. The number of aryl methyl sites for hydroxylation is 1. The van der Waals surface area contributed by atoms with Crippen molar-refractivity contribution in [2.24, 2.45) is 10.2 Å². The Kier molecular flexibility index (Phi) is 6.30. The molecule has 0 aliphatic rings. The van der Waals surface area contributed by atoms with Crippen molar-refractivity contribution < 1.29 is 27.6 Å². The van der Waals surface area contributed by atoms with E-state index in [1.165, 1.54) is 28.2 Å². The van der Waals surface area contributed by atoms with Crippen molar-refractivity contribution in [3.63, 3.8) is 0 Å². The first-order valence-electron chi connectivity index (χ1n) is 8.87. The average Bonchev–Trinajstić information content (AvgIpc) is 3.29. The van der Waals surface area contributed by atoms with E-state index in [0.29, 0.717) is 32.6 Å². The second-order valence-corrected chi connectivity index (χ2v) is 9.65. The van der Waals surface area contributed by atoms with Crippen molar-refractivity contribution in [2.75, 3.05) is 11.5 Å². The lowest BCUT2D eigenvalue weighted by Crippen LogP contribution is -2.06.